The molecule has 0 saturated carbocycles. The summed E-state index contributed by atoms with van der Waals surface area (Å²) in [6, 6.07) is 0. The van der Waals surface area contributed by atoms with Gasteiger partial charge in [-0.05, 0) is 13.5 Å². The van der Waals surface area contributed by atoms with Crippen LogP contribution in [-0.2, 0) is 13.1 Å². The van der Waals surface area contributed by atoms with Crippen LogP contribution in [0.5, 0.6) is 0 Å². The number of hydrogen-bond donors (Lipinski definition) is 2. The maximum absolute atomic E-state index is 8.44. The Morgan fingerprint density at radius 3 is 3.06 bits per heavy atom. The zero-order chi connectivity index (χ0) is 12.7. The van der Waals surface area contributed by atoms with Gasteiger partial charge in [0.1, 0.15) is 18.0 Å². The van der Waals surface area contributed by atoms with Gasteiger partial charge in [0, 0.05) is 19.5 Å². The second-order valence-electron chi connectivity index (χ2n) is 3.98. The third kappa shape index (κ3) is 4.39. The number of nitrogens with two attached hydrogens (primary N) is 1. The maximum Gasteiger partial charge on any atom is 0.140 e. The van der Waals surface area contributed by atoms with Crippen molar-refractivity contribution in [2.75, 3.05) is 13.6 Å². The zero-order valence-corrected chi connectivity index (χ0v) is 10.4. The fourth-order valence-corrected chi connectivity index (χ4v) is 1.49. The number of oxime groups is 1. The molecule has 7 nitrogen and oxygen atoms in total. The van der Waals surface area contributed by atoms with Gasteiger partial charge in [-0.25, -0.2) is 9.67 Å². The standard InChI is InChI=1S/C10H20N6O/c1-3-5-16-10(12-8-13-16)7-15(2)6-4-9(11)14-17/h8,17H,3-7H2,1-2H3,(H2,11,14). The van der Waals surface area contributed by atoms with Crippen molar-refractivity contribution in [2.24, 2.45) is 10.9 Å². The molecule has 1 aromatic heterocycles. The molecule has 17 heavy (non-hydrogen) atoms. The number of aryl methyl sites for hydroxylation is 1. The van der Waals surface area contributed by atoms with E-state index in [-0.39, 0.29) is 5.84 Å². The Morgan fingerprint density at radius 2 is 2.41 bits per heavy atom. The second-order valence-corrected chi connectivity index (χ2v) is 3.98. The third-order valence-corrected chi connectivity index (χ3v) is 2.42. The average molecular weight is 240 g/mol. The Bertz CT molecular complexity index is 361. The van der Waals surface area contributed by atoms with Gasteiger partial charge < -0.3 is 10.9 Å². The van der Waals surface area contributed by atoms with Gasteiger partial charge in [-0.3, -0.25) is 4.90 Å². The lowest BCUT2D eigenvalue weighted by Gasteiger charge is -2.15. The lowest BCUT2D eigenvalue weighted by Crippen LogP contribution is -2.26. The minimum absolute atomic E-state index is 0.242. The Hall–Kier alpha value is -1.63. The first-order chi connectivity index (χ1) is 8.17. The molecule has 7 heteroatoms. The van der Waals surface area contributed by atoms with Crippen LogP contribution in [0.1, 0.15) is 25.6 Å². The molecule has 1 heterocycles. The van der Waals surface area contributed by atoms with Crippen LogP contribution < -0.4 is 5.73 Å². The predicted octanol–water partition coefficient (Wildman–Crippen LogP) is 0.256. The Morgan fingerprint density at radius 1 is 1.65 bits per heavy atom. The number of amidine groups is 1. The molecule has 0 atom stereocenters. The molecule has 0 radical (unpaired) electrons. The van der Waals surface area contributed by atoms with Crippen molar-refractivity contribution < 1.29 is 5.21 Å². The van der Waals surface area contributed by atoms with Crippen LogP contribution in [0.3, 0.4) is 0 Å². The van der Waals surface area contributed by atoms with Crippen LogP contribution in [0.25, 0.3) is 0 Å². The van der Waals surface area contributed by atoms with Crippen LogP contribution in [-0.4, -0.2) is 44.3 Å². The molecule has 1 aromatic rings. The summed E-state index contributed by atoms with van der Waals surface area (Å²) < 4.78 is 1.90. The predicted molar refractivity (Wildman–Crippen MR) is 64.7 cm³/mol. The van der Waals surface area contributed by atoms with E-state index in [1.807, 2.05) is 11.7 Å². The molecule has 0 fully saturated rings. The molecule has 0 aliphatic carbocycles. The van der Waals surface area contributed by atoms with E-state index in [4.69, 9.17) is 10.9 Å². The molecule has 0 amide bonds. The van der Waals surface area contributed by atoms with Gasteiger partial charge in [0.2, 0.25) is 0 Å². The van der Waals surface area contributed by atoms with E-state index in [0.29, 0.717) is 13.0 Å². The van der Waals surface area contributed by atoms with E-state index < -0.39 is 0 Å². The molecule has 0 unspecified atom stereocenters. The number of hydrogen-bond acceptors (Lipinski definition) is 5. The number of rotatable bonds is 7. The summed E-state index contributed by atoms with van der Waals surface area (Å²) in [7, 11) is 1.97. The summed E-state index contributed by atoms with van der Waals surface area (Å²) in [5, 5.41) is 15.5. The molecule has 0 bridgehead atoms. The largest absolute Gasteiger partial charge is 0.409 e. The van der Waals surface area contributed by atoms with E-state index in [2.05, 4.69) is 27.1 Å². The van der Waals surface area contributed by atoms with E-state index in [9.17, 15) is 0 Å². The normalized spacial score (nSPS) is 12.3. The van der Waals surface area contributed by atoms with Gasteiger partial charge in [0.15, 0.2) is 0 Å². The van der Waals surface area contributed by atoms with Crippen LogP contribution >= 0.6 is 0 Å². The number of nitrogens with zero attached hydrogens (tertiary/aromatic N) is 5. The molecule has 0 saturated heterocycles. The van der Waals surface area contributed by atoms with Gasteiger partial charge in [0.25, 0.3) is 0 Å². The van der Waals surface area contributed by atoms with Crippen LogP contribution in [0, 0.1) is 0 Å². The monoisotopic (exact) mass is 240 g/mol. The van der Waals surface area contributed by atoms with E-state index in [1.165, 1.54) is 0 Å². The average Bonchev–Trinajstić information content (AvgIpc) is 2.74. The summed E-state index contributed by atoms with van der Waals surface area (Å²) in [5.74, 6) is 1.18. The van der Waals surface area contributed by atoms with Gasteiger partial charge in [-0.2, -0.15) is 5.10 Å². The Balaban J connectivity index is 2.44. The van der Waals surface area contributed by atoms with E-state index >= 15 is 0 Å². The summed E-state index contributed by atoms with van der Waals surface area (Å²) in [6.07, 6.45) is 3.14. The van der Waals surface area contributed by atoms with Crippen LogP contribution in [0.15, 0.2) is 11.5 Å². The second kappa shape index (κ2) is 6.85. The highest BCUT2D eigenvalue weighted by Gasteiger charge is 2.07. The van der Waals surface area contributed by atoms with Crippen molar-refractivity contribution in [3.63, 3.8) is 0 Å². The lowest BCUT2D eigenvalue weighted by atomic mass is 10.3. The van der Waals surface area contributed by atoms with Crippen molar-refractivity contribution in [3.05, 3.63) is 12.2 Å². The molecule has 0 aliphatic rings. The lowest BCUT2D eigenvalue weighted by molar-refractivity contribution is 0.304. The third-order valence-electron chi connectivity index (χ3n) is 2.42. The summed E-state index contributed by atoms with van der Waals surface area (Å²) in [4.78, 5) is 6.29. The fourth-order valence-electron chi connectivity index (χ4n) is 1.49. The molecule has 96 valence electrons. The topological polar surface area (TPSA) is 92.6 Å². The Labute approximate surface area is 101 Å². The smallest absolute Gasteiger partial charge is 0.140 e. The maximum atomic E-state index is 8.44. The first kappa shape index (κ1) is 13.4. The van der Waals surface area contributed by atoms with Gasteiger partial charge in [0.05, 0.1) is 6.54 Å². The molecule has 0 aromatic carbocycles. The van der Waals surface area contributed by atoms with Crippen LogP contribution in [0.2, 0.25) is 0 Å². The first-order valence-electron chi connectivity index (χ1n) is 5.69. The van der Waals surface area contributed by atoms with Crippen molar-refractivity contribution in [3.8, 4) is 0 Å². The highest BCUT2D eigenvalue weighted by atomic mass is 16.4. The highest BCUT2D eigenvalue weighted by Crippen LogP contribution is 2.01. The quantitative estimate of drug-likeness (QED) is 0.308. The Kier molecular flexibility index (Phi) is 5.41. The summed E-state index contributed by atoms with van der Waals surface area (Å²) in [6.45, 7) is 4.41. The van der Waals surface area contributed by atoms with E-state index in [1.54, 1.807) is 6.33 Å². The minimum atomic E-state index is 0.242. The van der Waals surface area contributed by atoms with Crippen LogP contribution in [0.4, 0.5) is 0 Å². The van der Waals surface area contributed by atoms with Crippen molar-refractivity contribution in [1.82, 2.24) is 19.7 Å². The van der Waals surface area contributed by atoms with Crippen molar-refractivity contribution in [2.45, 2.75) is 32.9 Å². The van der Waals surface area contributed by atoms with Crippen molar-refractivity contribution >= 4 is 5.84 Å². The highest BCUT2D eigenvalue weighted by molar-refractivity contribution is 5.79. The molecule has 0 spiro atoms. The van der Waals surface area contributed by atoms with Gasteiger partial charge >= 0.3 is 0 Å². The van der Waals surface area contributed by atoms with Crippen molar-refractivity contribution in [1.29, 1.82) is 0 Å². The minimum Gasteiger partial charge on any atom is -0.409 e. The fraction of sp³-hybridized carbons (Fsp3) is 0.700. The summed E-state index contributed by atoms with van der Waals surface area (Å²) in [5.41, 5.74) is 5.41. The van der Waals surface area contributed by atoms with Gasteiger partial charge in [-0.1, -0.05) is 12.1 Å². The summed E-state index contributed by atoms with van der Waals surface area (Å²) >= 11 is 0. The van der Waals surface area contributed by atoms with Gasteiger partial charge in [-0.15, -0.1) is 0 Å². The SMILES string of the molecule is CCCn1ncnc1CN(C)CCC(N)=NO. The van der Waals surface area contributed by atoms with E-state index in [0.717, 1.165) is 25.3 Å². The molecular formula is C10H20N6O. The molecule has 0 aliphatic heterocycles. The molecular weight excluding hydrogens is 220 g/mol. The first-order valence-corrected chi connectivity index (χ1v) is 5.69. The zero-order valence-electron chi connectivity index (χ0n) is 10.4. The molecule has 3 N–H and O–H groups in total. The number of aromatic nitrogens is 3. The molecule has 1 rings (SSSR count).